The van der Waals surface area contributed by atoms with Gasteiger partial charge in [-0.15, -0.1) is 0 Å². The summed E-state index contributed by atoms with van der Waals surface area (Å²) in [6.07, 6.45) is 3.36. The lowest BCUT2D eigenvalue weighted by molar-refractivity contribution is 0.100. The molecule has 3 nitrogen and oxygen atoms in total. The first-order valence-electron chi connectivity index (χ1n) is 6.65. The average Bonchev–Trinajstić information content (AvgIpc) is 2.92. The molecule has 0 saturated carbocycles. The van der Waals surface area contributed by atoms with Crippen LogP contribution in [0.25, 0.3) is 10.9 Å². The first kappa shape index (κ1) is 12.7. The SMILES string of the molecule is O=c1c(Cl)cc2ccccc2n1CCC1CCCO1. The highest BCUT2D eigenvalue weighted by molar-refractivity contribution is 6.31. The number of hydrogen-bond donors (Lipinski definition) is 0. The van der Waals surface area contributed by atoms with E-state index in [4.69, 9.17) is 16.3 Å². The number of pyridine rings is 1. The van der Waals surface area contributed by atoms with E-state index in [1.54, 1.807) is 10.6 Å². The van der Waals surface area contributed by atoms with E-state index >= 15 is 0 Å². The van der Waals surface area contributed by atoms with Gasteiger partial charge in [0.05, 0.1) is 11.6 Å². The minimum atomic E-state index is -0.113. The molecule has 1 aromatic carbocycles. The fourth-order valence-corrected chi connectivity index (χ4v) is 2.88. The summed E-state index contributed by atoms with van der Waals surface area (Å²) >= 11 is 6.02. The molecule has 2 aromatic rings. The van der Waals surface area contributed by atoms with Crippen molar-refractivity contribution in [2.24, 2.45) is 0 Å². The first-order chi connectivity index (χ1) is 9.25. The Hall–Kier alpha value is -1.32. The minimum Gasteiger partial charge on any atom is -0.378 e. The van der Waals surface area contributed by atoms with Crippen molar-refractivity contribution >= 4 is 22.5 Å². The fraction of sp³-hybridized carbons (Fsp3) is 0.400. The molecule has 0 bridgehead atoms. The molecule has 1 aromatic heterocycles. The van der Waals surface area contributed by atoms with Crippen LogP contribution in [0.1, 0.15) is 19.3 Å². The lowest BCUT2D eigenvalue weighted by Gasteiger charge is -2.13. The van der Waals surface area contributed by atoms with Gasteiger partial charge in [-0.25, -0.2) is 0 Å². The molecular weight excluding hydrogens is 262 g/mol. The summed E-state index contributed by atoms with van der Waals surface area (Å²) in [6.45, 7) is 1.50. The molecule has 4 heteroatoms. The Morgan fingerprint density at radius 3 is 3.00 bits per heavy atom. The molecular formula is C15H16ClNO2. The summed E-state index contributed by atoms with van der Waals surface area (Å²) < 4.78 is 7.37. The van der Waals surface area contributed by atoms with E-state index in [-0.39, 0.29) is 16.7 Å². The first-order valence-corrected chi connectivity index (χ1v) is 7.03. The van der Waals surface area contributed by atoms with Crippen LogP contribution in [0.2, 0.25) is 5.02 Å². The molecule has 19 heavy (non-hydrogen) atoms. The standard InChI is InChI=1S/C15H16ClNO2/c16-13-10-11-4-1-2-6-14(11)17(15(13)18)8-7-12-5-3-9-19-12/h1-2,4,6,10,12H,3,5,7-9H2. The van der Waals surface area contributed by atoms with Crippen LogP contribution < -0.4 is 5.56 Å². The molecule has 1 saturated heterocycles. The number of aryl methyl sites for hydroxylation is 1. The highest BCUT2D eigenvalue weighted by Crippen LogP contribution is 2.19. The maximum Gasteiger partial charge on any atom is 0.269 e. The summed E-state index contributed by atoms with van der Waals surface area (Å²) in [7, 11) is 0. The van der Waals surface area contributed by atoms with Crippen molar-refractivity contribution in [3.8, 4) is 0 Å². The molecule has 1 aliphatic heterocycles. The van der Waals surface area contributed by atoms with Gasteiger partial charge in [0, 0.05) is 13.2 Å². The molecule has 1 aliphatic rings. The minimum absolute atomic E-state index is 0.113. The van der Waals surface area contributed by atoms with Crippen molar-refractivity contribution in [3.05, 3.63) is 45.7 Å². The zero-order chi connectivity index (χ0) is 13.2. The topological polar surface area (TPSA) is 31.2 Å². The molecule has 1 fully saturated rings. The smallest absolute Gasteiger partial charge is 0.269 e. The van der Waals surface area contributed by atoms with Crippen LogP contribution in [0.4, 0.5) is 0 Å². The van der Waals surface area contributed by atoms with Gasteiger partial charge in [-0.1, -0.05) is 29.8 Å². The maximum absolute atomic E-state index is 12.2. The van der Waals surface area contributed by atoms with Crippen LogP contribution in [-0.2, 0) is 11.3 Å². The molecule has 1 unspecified atom stereocenters. The molecule has 0 radical (unpaired) electrons. The number of halogens is 1. The van der Waals surface area contributed by atoms with E-state index in [9.17, 15) is 4.79 Å². The zero-order valence-corrected chi connectivity index (χ0v) is 11.4. The van der Waals surface area contributed by atoms with Gasteiger partial charge in [-0.05, 0) is 36.8 Å². The number of benzene rings is 1. The fourth-order valence-electron chi connectivity index (χ4n) is 2.66. The van der Waals surface area contributed by atoms with E-state index in [1.807, 2.05) is 24.3 Å². The second-order valence-electron chi connectivity index (χ2n) is 4.93. The van der Waals surface area contributed by atoms with E-state index in [1.165, 1.54) is 0 Å². The van der Waals surface area contributed by atoms with Crippen LogP contribution in [0, 0.1) is 0 Å². The molecule has 3 rings (SSSR count). The molecule has 100 valence electrons. The van der Waals surface area contributed by atoms with Crippen LogP contribution in [0.15, 0.2) is 35.1 Å². The summed E-state index contributed by atoms with van der Waals surface area (Å²) in [5.41, 5.74) is 0.827. The third-order valence-corrected chi connectivity index (χ3v) is 3.93. The highest BCUT2D eigenvalue weighted by Gasteiger charge is 2.16. The van der Waals surface area contributed by atoms with E-state index in [0.717, 1.165) is 36.8 Å². The Bertz CT molecular complexity index is 644. The zero-order valence-electron chi connectivity index (χ0n) is 10.6. The Morgan fingerprint density at radius 2 is 2.21 bits per heavy atom. The predicted molar refractivity (Wildman–Crippen MR) is 76.8 cm³/mol. The van der Waals surface area contributed by atoms with Crippen LogP contribution in [0.5, 0.6) is 0 Å². The van der Waals surface area contributed by atoms with Crippen molar-refractivity contribution in [1.29, 1.82) is 0 Å². The van der Waals surface area contributed by atoms with Gasteiger partial charge in [0.25, 0.3) is 5.56 Å². The molecule has 0 aliphatic carbocycles. The van der Waals surface area contributed by atoms with Gasteiger partial charge in [-0.3, -0.25) is 4.79 Å². The predicted octanol–water partition coefficient (Wildman–Crippen LogP) is 3.22. The maximum atomic E-state index is 12.2. The molecule has 1 atom stereocenters. The molecule has 0 spiro atoms. The quantitative estimate of drug-likeness (QED) is 0.862. The Kier molecular flexibility index (Phi) is 3.58. The van der Waals surface area contributed by atoms with Gasteiger partial charge in [0.1, 0.15) is 5.02 Å². The number of nitrogens with zero attached hydrogens (tertiary/aromatic N) is 1. The lowest BCUT2D eigenvalue weighted by atomic mass is 10.1. The number of aromatic nitrogens is 1. The number of rotatable bonds is 3. The second kappa shape index (κ2) is 5.35. The third-order valence-electron chi connectivity index (χ3n) is 3.66. The Labute approximate surface area is 116 Å². The molecule has 2 heterocycles. The van der Waals surface area contributed by atoms with Gasteiger partial charge in [0.15, 0.2) is 0 Å². The second-order valence-corrected chi connectivity index (χ2v) is 5.34. The highest BCUT2D eigenvalue weighted by atomic mass is 35.5. The third kappa shape index (κ3) is 2.53. The number of hydrogen-bond acceptors (Lipinski definition) is 2. The number of fused-ring (bicyclic) bond motifs is 1. The average molecular weight is 278 g/mol. The van der Waals surface area contributed by atoms with Crippen LogP contribution in [0.3, 0.4) is 0 Å². The summed E-state index contributed by atoms with van der Waals surface area (Å²) in [6, 6.07) is 9.57. The van der Waals surface area contributed by atoms with E-state index in [0.29, 0.717) is 6.54 Å². The Balaban J connectivity index is 1.96. The normalized spacial score (nSPS) is 19.1. The summed E-state index contributed by atoms with van der Waals surface area (Å²) in [5.74, 6) is 0. The monoisotopic (exact) mass is 277 g/mol. The summed E-state index contributed by atoms with van der Waals surface area (Å²) in [5, 5.41) is 1.28. The molecule has 0 amide bonds. The van der Waals surface area contributed by atoms with Gasteiger partial charge in [-0.2, -0.15) is 0 Å². The van der Waals surface area contributed by atoms with Gasteiger partial charge in [0.2, 0.25) is 0 Å². The van der Waals surface area contributed by atoms with E-state index < -0.39 is 0 Å². The van der Waals surface area contributed by atoms with Crippen molar-refractivity contribution in [3.63, 3.8) is 0 Å². The Morgan fingerprint density at radius 1 is 1.37 bits per heavy atom. The van der Waals surface area contributed by atoms with Gasteiger partial charge < -0.3 is 9.30 Å². The summed E-state index contributed by atoms with van der Waals surface area (Å²) in [4.78, 5) is 12.2. The van der Waals surface area contributed by atoms with Crippen LogP contribution in [-0.4, -0.2) is 17.3 Å². The van der Waals surface area contributed by atoms with Crippen molar-refractivity contribution < 1.29 is 4.74 Å². The molecule has 0 N–H and O–H groups in total. The number of para-hydroxylation sites is 1. The van der Waals surface area contributed by atoms with Crippen molar-refractivity contribution in [1.82, 2.24) is 4.57 Å². The van der Waals surface area contributed by atoms with E-state index in [2.05, 4.69) is 0 Å². The lowest BCUT2D eigenvalue weighted by Crippen LogP contribution is -2.23. The number of ether oxygens (including phenoxy) is 1. The van der Waals surface area contributed by atoms with Gasteiger partial charge >= 0.3 is 0 Å². The van der Waals surface area contributed by atoms with Crippen LogP contribution >= 0.6 is 11.6 Å². The largest absolute Gasteiger partial charge is 0.378 e. The van der Waals surface area contributed by atoms with Crippen molar-refractivity contribution in [2.75, 3.05) is 6.61 Å². The van der Waals surface area contributed by atoms with Crippen molar-refractivity contribution in [2.45, 2.75) is 31.9 Å².